The first-order valence-electron chi connectivity index (χ1n) is 11.7. The lowest BCUT2D eigenvalue weighted by Gasteiger charge is -2.45. The third kappa shape index (κ3) is 5.73. The van der Waals surface area contributed by atoms with Gasteiger partial charge in [-0.25, -0.2) is 4.79 Å². The van der Waals surface area contributed by atoms with E-state index in [1.165, 1.54) is 0 Å². The number of aliphatic carboxylic acids is 1. The molecule has 0 bridgehead atoms. The van der Waals surface area contributed by atoms with Crippen molar-refractivity contribution in [3.63, 3.8) is 0 Å². The van der Waals surface area contributed by atoms with Gasteiger partial charge in [0.1, 0.15) is 0 Å². The van der Waals surface area contributed by atoms with Crippen molar-refractivity contribution in [3.8, 4) is 0 Å². The topological polar surface area (TPSA) is 70.1 Å². The number of carboxylic acids is 1. The summed E-state index contributed by atoms with van der Waals surface area (Å²) >= 11 is 0. The highest BCUT2D eigenvalue weighted by Gasteiger charge is 2.60. The predicted octanol–water partition coefficient (Wildman–Crippen LogP) is 5.50. The Labute approximate surface area is 205 Å². The molecule has 6 nitrogen and oxygen atoms in total. The number of carbonyl (C=O) groups is 2. The monoisotopic (exact) mass is 524 g/mol. The minimum atomic E-state index is -5.77. The fourth-order valence-corrected chi connectivity index (χ4v) is 5.20. The Morgan fingerprint density at radius 2 is 1.56 bits per heavy atom. The zero-order chi connectivity index (χ0) is 26.9. The lowest BCUT2D eigenvalue weighted by molar-refractivity contribution is -0.308. The van der Waals surface area contributed by atoms with Crippen molar-refractivity contribution < 1.29 is 45.8 Å². The highest BCUT2D eigenvalue weighted by molar-refractivity contribution is 5.82. The highest BCUT2D eigenvalue weighted by Crippen LogP contribution is 2.43. The molecule has 36 heavy (non-hydrogen) atoms. The van der Waals surface area contributed by atoms with Crippen LogP contribution >= 0.6 is 0 Å². The molecule has 0 unspecified atom stereocenters. The number of ether oxygens (including phenoxy) is 1. The van der Waals surface area contributed by atoms with Gasteiger partial charge in [-0.15, -0.1) is 0 Å². The Hall–Kier alpha value is -2.50. The molecule has 1 amide bonds. The molecule has 0 aromatic heterocycles. The summed E-state index contributed by atoms with van der Waals surface area (Å²) in [6.07, 6.45) is -14.1. The molecule has 1 N–H and O–H groups in total. The van der Waals surface area contributed by atoms with Crippen molar-refractivity contribution in [1.29, 1.82) is 0 Å². The molecule has 2 fully saturated rings. The zero-order valence-corrected chi connectivity index (χ0v) is 20.1. The van der Waals surface area contributed by atoms with E-state index in [-0.39, 0.29) is 25.9 Å². The van der Waals surface area contributed by atoms with E-state index in [2.05, 4.69) is 4.74 Å². The molecule has 1 aliphatic heterocycles. The van der Waals surface area contributed by atoms with Crippen molar-refractivity contribution >= 4 is 12.1 Å². The van der Waals surface area contributed by atoms with Gasteiger partial charge in [-0.3, -0.25) is 9.69 Å². The zero-order valence-electron chi connectivity index (χ0n) is 20.1. The summed E-state index contributed by atoms with van der Waals surface area (Å²) in [4.78, 5) is 27.2. The Bertz CT molecular complexity index is 937. The number of hydrogen-bond donors (Lipinski definition) is 1. The lowest BCUT2D eigenvalue weighted by atomic mass is 9.76. The average molecular weight is 525 g/mol. The second-order valence-electron chi connectivity index (χ2n) is 9.94. The SMILES string of the molecule is CN(Cc1ccccc1C1(C(=O)O)CCCC1)C1(C)CCN(C(=O)OC(C(F)(F)F)C(F)(F)F)CC1. The van der Waals surface area contributed by atoms with Crippen molar-refractivity contribution in [1.82, 2.24) is 9.80 Å². The second kappa shape index (κ2) is 10.1. The molecular formula is C24H30F6N2O4. The van der Waals surface area contributed by atoms with Gasteiger partial charge in [0.25, 0.3) is 6.10 Å². The average Bonchev–Trinajstić information content (AvgIpc) is 3.28. The van der Waals surface area contributed by atoms with Gasteiger partial charge in [0.15, 0.2) is 0 Å². The number of nitrogens with zero attached hydrogens (tertiary/aromatic N) is 2. The summed E-state index contributed by atoms with van der Waals surface area (Å²) in [6, 6.07) is 7.35. The van der Waals surface area contributed by atoms with Crippen LogP contribution in [0.1, 0.15) is 56.6 Å². The number of carboxylic acid groups (broad SMARTS) is 1. The van der Waals surface area contributed by atoms with E-state index in [4.69, 9.17) is 0 Å². The van der Waals surface area contributed by atoms with Gasteiger partial charge in [0.2, 0.25) is 0 Å². The van der Waals surface area contributed by atoms with Crippen molar-refractivity contribution in [3.05, 3.63) is 35.4 Å². The number of hydrogen-bond acceptors (Lipinski definition) is 4. The third-order valence-corrected chi connectivity index (χ3v) is 7.64. The molecule has 3 rings (SSSR count). The molecule has 0 spiro atoms. The third-order valence-electron chi connectivity index (χ3n) is 7.64. The van der Waals surface area contributed by atoms with Crippen LogP contribution in [0.2, 0.25) is 0 Å². The van der Waals surface area contributed by atoms with E-state index < -0.39 is 41.5 Å². The van der Waals surface area contributed by atoms with E-state index >= 15 is 0 Å². The largest absolute Gasteiger partial charge is 0.481 e. The first-order valence-corrected chi connectivity index (χ1v) is 11.7. The predicted molar refractivity (Wildman–Crippen MR) is 117 cm³/mol. The molecule has 1 aromatic rings. The molecule has 0 radical (unpaired) electrons. The molecule has 0 atom stereocenters. The Morgan fingerprint density at radius 3 is 2.06 bits per heavy atom. The number of rotatable bonds is 6. The van der Waals surface area contributed by atoms with Gasteiger partial charge < -0.3 is 14.7 Å². The summed E-state index contributed by atoms with van der Waals surface area (Å²) in [5.41, 5.74) is 0.143. The number of piperidine rings is 1. The molecule has 12 heteroatoms. The molecule has 1 saturated carbocycles. The van der Waals surface area contributed by atoms with Crippen LogP contribution < -0.4 is 0 Å². The van der Waals surface area contributed by atoms with Crippen molar-refractivity contribution in [2.45, 2.75) is 81.4 Å². The fourth-order valence-electron chi connectivity index (χ4n) is 5.20. The number of likely N-dealkylation sites (tertiary alicyclic amines) is 1. The second-order valence-corrected chi connectivity index (χ2v) is 9.94. The van der Waals surface area contributed by atoms with Gasteiger partial charge in [-0.2, -0.15) is 26.3 Å². The van der Waals surface area contributed by atoms with Crippen LogP contribution in [0.5, 0.6) is 0 Å². The summed E-state index contributed by atoms with van der Waals surface area (Å²) < 4.78 is 80.3. The van der Waals surface area contributed by atoms with E-state index in [1.54, 1.807) is 0 Å². The summed E-state index contributed by atoms with van der Waals surface area (Å²) in [6.45, 7) is 2.14. The maximum absolute atomic E-state index is 12.7. The van der Waals surface area contributed by atoms with E-state index in [0.29, 0.717) is 19.4 Å². The lowest BCUT2D eigenvalue weighted by Crippen LogP contribution is -2.54. The quantitative estimate of drug-likeness (QED) is 0.498. The molecule has 1 aliphatic carbocycles. The van der Waals surface area contributed by atoms with Gasteiger partial charge in [-0.1, -0.05) is 37.1 Å². The van der Waals surface area contributed by atoms with Crippen LogP contribution in [0.4, 0.5) is 31.1 Å². The highest BCUT2D eigenvalue weighted by atomic mass is 19.4. The smallest absolute Gasteiger partial charge is 0.434 e. The Morgan fingerprint density at radius 1 is 1.03 bits per heavy atom. The number of halogens is 6. The minimum absolute atomic E-state index is 0.0805. The van der Waals surface area contributed by atoms with Gasteiger partial charge in [0, 0.05) is 25.2 Å². The van der Waals surface area contributed by atoms with Crippen molar-refractivity contribution in [2.75, 3.05) is 20.1 Å². The standard InChI is InChI=1S/C24H30F6N2O4/c1-21(11-13-32(14-12-21)20(35)36-18(23(25,26)27)24(28,29)30)31(2)15-16-7-3-4-8-17(16)22(19(33)34)9-5-6-10-22/h3-4,7-8,18H,5-6,9-15H2,1-2H3,(H,33,34). The fraction of sp³-hybridized carbons (Fsp3) is 0.667. The molecule has 1 saturated heterocycles. The van der Waals surface area contributed by atoms with Crippen LogP contribution in [-0.4, -0.2) is 71.1 Å². The molecule has 2 aliphatic rings. The first-order chi connectivity index (χ1) is 16.6. The first kappa shape index (κ1) is 28.1. The number of alkyl halides is 6. The minimum Gasteiger partial charge on any atom is -0.481 e. The normalized spacial score (nSPS) is 20.1. The Kier molecular flexibility index (Phi) is 7.88. The van der Waals surface area contributed by atoms with E-state index in [0.717, 1.165) is 28.9 Å². The maximum atomic E-state index is 12.7. The van der Waals surface area contributed by atoms with Gasteiger partial charge in [-0.05, 0) is 50.8 Å². The van der Waals surface area contributed by atoms with Crippen LogP contribution in [0.25, 0.3) is 0 Å². The number of benzene rings is 1. The van der Waals surface area contributed by atoms with Crippen LogP contribution in [0.15, 0.2) is 24.3 Å². The van der Waals surface area contributed by atoms with Crippen molar-refractivity contribution in [2.24, 2.45) is 0 Å². The van der Waals surface area contributed by atoms with E-state index in [1.807, 2.05) is 43.1 Å². The van der Waals surface area contributed by atoms with Gasteiger partial charge in [0.05, 0.1) is 5.41 Å². The van der Waals surface area contributed by atoms with Gasteiger partial charge >= 0.3 is 24.4 Å². The van der Waals surface area contributed by atoms with Crippen LogP contribution in [0, 0.1) is 0 Å². The summed E-state index contributed by atoms with van der Waals surface area (Å²) in [5.74, 6) is -0.857. The summed E-state index contributed by atoms with van der Waals surface area (Å²) in [7, 11) is 1.83. The van der Waals surface area contributed by atoms with Crippen LogP contribution in [0.3, 0.4) is 0 Å². The van der Waals surface area contributed by atoms with Crippen LogP contribution in [-0.2, 0) is 21.5 Å². The molecular weight excluding hydrogens is 494 g/mol. The maximum Gasteiger partial charge on any atom is 0.434 e. The summed E-state index contributed by atoms with van der Waals surface area (Å²) in [5, 5.41) is 10.0. The molecule has 1 aromatic carbocycles. The number of carbonyl (C=O) groups excluding carboxylic acids is 1. The Balaban J connectivity index is 1.68. The molecule has 202 valence electrons. The molecule has 1 heterocycles. The number of amides is 1. The van der Waals surface area contributed by atoms with E-state index in [9.17, 15) is 41.0 Å².